The van der Waals surface area contributed by atoms with Crippen LogP contribution in [-0.2, 0) is 13.1 Å². The molecule has 0 saturated heterocycles. The molecule has 0 bridgehead atoms. The molecule has 2 aromatic rings. The van der Waals surface area contributed by atoms with Crippen LogP contribution in [0.5, 0.6) is 0 Å². The van der Waals surface area contributed by atoms with Crippen molar-refractivity contribution in [1.82, 2.24) is 5.32 Å². The smallest absolute Gasteiger partial charge is 0.105 e. The van der Waals surface area contributed by atoms with Crippen LogP contribution in [0.3, 0.4) is 0 Å². The van der Waals surface area contributed by atoms with Gasteiger partial charge in [-0.05, 0) is 49.7 Å². The van der Waals surface area contributed by atoms with Gasteiger partial charge in [-0.3, -0.25) is 0 Å². The quantitative estimate of drug-likeness (QED) is 0.870. The molecule has 0 atom stereocenters. The monoisotopic (exact) mass is 272 g/mol. The number of anilines is 1. The summed E-state index contributed by atoms with van der Waals surface area (Å²) in [6.07, 6.45) is 1.75. The molecule has 0 fully saturated rings. The largest absolute Gasteiger partial charge is 0.469 e. The first-order valence-corrected chi connectivity index (χ1v) is 7.16. The molecule has 0 aliphatic rings. The number of hydrogen-bond donors (Lipinski definition) is 1. The van der Waals surface area contributed by atoms with Gasteiger partial charge >= 0.3 is 0 Å². The molecule has 0 aliphatic carbocycles. The second-order valence-electron chi connectivity index (χ2n) is 5.25. The normalized spacial score (nSPS) is 10.8. The molecule has 1 heterocycles. The highest BCUT2D eigenvalue weighted by Gasteiger charge is 2.08. The van der Waals surface area contributed by atoms with Crippen molar-refractivity contribution >= 4 is 5.69 Å². The lowest BCUT2D eigenvalue weighted by Gasteiger charge is -2.20. The van der Waals surface area contributed by atoms with E-state index in [1.54, 1.807) is 6.26 Å². The Morgan fingerprint density at radius 2 is 1.95 bits per heavy atom. The van der Waals surface area contributed by atoms with Crippen molar-refractivity contribution < 1.29 is 4.42 Å². The van der Waals surface area contributed by atoms with Gasteiger partial charge in [-0.2, -0.15) is 0 Å². The van der Waals surface area contributed by atoms with Gasteiger partial charge in [-0.25, -0.2) is 0 Å². The van der Waals surface area contributed by atoms with E-state index in [-0.39, 0.29) is 0 Å². The Kier molecular flexibility index (Phi) is 4.85. The van der Waals surface area contributed by atoms with Crippen molar-refractivity contribution in [3.05, 3.63) is 53.0 Å². The van der Waals surface area contributed by atoms with Crippen molar-refractivity contribution in [2.24, 2.45) is 0 Å². The predicted octanol–water partition coefficient (Wildman–Crippen LogP) is 3.64. The van der Waals surface area contributed by atoms with Crippen LogP contribution < -0.4 is 10.2 Å². The molecule has 0 saturated carbocycles. The third-order valence-electron chi connectivity index (χ3n) is 3.71. The van der Waals surface area contributed by atoms with E-state index >= 15 is 0 Å². The average molecular weight is 272 g/mol. The van der Waals surface area contributed by atoms with Crippen molar-refractivity contribution in [2.45, 2.75) is 33.9 Å². The van der Waals surface area contributed by atoms with Crippen LogP contribution in [0.1, 0.15) is 29.4 Å². The summed E-state index contributed by atoms with van der Waals surface area (Å²) in [5.41, 5.74) is 5.17. The fourth-order valence-corrected chi connectivity index (χ4v) is 2.30. The Balaban J connectivity index is 2.08. The van der Waals surface area contributed by atoms with Gasteiger partial charge in [0.15, 0.2) is 0 Å². The van der Waals surface area contributed by atoms with Gasteiger partial charge in [0.05, 0.1) is 6.26 Å². The Morgan fingerprint density at radius 1 is 1.15 bits per heavy atom. The van der Waals surface area contributed by atoms with E-state index in [1.165, 1.54) is 22.4 Å². The van der Waals surface area contributed by atoms with Crippen LogP contribution in [0, 0.1) is 13.8 Å². The van der Waals surface area contributed by atoms with Crippen LogP contribution >= 0.6 is 0 Å². The zero-order chi connectivity index (χ0) is 14.5. The molecule has 20 heavy (non-hydrogen) atoms. The molecule has 0 amide bonds. The van der Waals surface area contributed by atoms with E-state index in [0.29, 0.717) is 0 Å². The second kappa shape index (κ2) is 6.62. The van der Waals surface area contributed by atoms with Gasteiger partial charge in [-0.15, -0.1) is 0 Å². The highest BCUT2D eigenvalue weighted by atomic mass is 16.3. The molecular weight excluding hydrogens is 248 g/mol. The molecule has 0 spiro atoms. The maximum Gasteiger partial charge on any atom is 0.105 e. The summed E-state index contributed by atoms with van der Waals surface area (Å²) >= 11 is 0. The molecule has 3 nitrogen and oxygen atoms in total. The van der Waals surface area contributed by atoms with Crippen LogP contribution in [0.15, 0.2) is 34.9 Å². The molecule has 108 valence electrons. The average Bonchev–Trinajstić information content (AvgIpc) is 2.83. The Bertz CT molecular complexity index is 560. The van der Waals surface area contributed by atoms with Gasteiger partial charge in [0.1, 0.15) is 5.76 Å². The van der Waals surface area contributed by atoms with Gasteiger partial charge < -0.3 is 14.6 Å². The minimum atomic E-state index is 0.869. The van der Waals surface area contributed by atoms with Gasteiger partial charge in [0, 0.05) is 31.4 Å². The number of rotatable bonds is 6. The zero-order valence-electron chi connectivity index (χ0n) is 12.9. The molecule has 1 aromatic heterocycles. The van der Waals surface area contributed by atoms with Crippen LogP contribution in [0.2, 0.25) is 0 Å². The van der Waals surface area contributed by atoms with E-state index in [2.05, 4.69) is 49.3 Å². The number of aryl methyl sites for hydroxylation is 2. The first kappa shape index (κ1) is 14.7. The highest BCUT2D eigenvalue weighted by Crippen LogP contribution is 2.21. The van der Waals surface area contributed by atoms with Crippen LogP contribution in [0.25, 0.3) is 0 Å². The molecule has 1 N–H and O–H groups in total. The molecular formula is C17H24N2O. The summed E-state index contributed by atoms with van der Waals surface area (Å²) in [4.78, 5) is 2.25. The third kappa shape index (κ3) is 3.42. The minimum absolute atomic E-state index is 0.869. The van der Waals surface area contributed by atoms with Crippen molar-refractivity contribution in [1.29, 1.82) is 0 Å². The minimum Gasteiger partial charge on any atom is -0.469 e. The van der Waals surface area contributed by atoms with Crippen molar-refractivity contribution in [2.75, 3.05) is 18.5 Å². The van der Waals surface area contributed by atoms with E-state index in [9.17, 15) is 0 Å². The third-order valence-corrected chi connectivity index (χ3v) is 3.71. The molecule has 3 heteroatoms. The van der Waals surface area contributed by atoms with E-state index in [1.807, 2.05) is 13.0 Å². The van der Waals surface area contributed by atoms with Crippen LogP contribution in [0.4, 0.5) is 5.69 Å². The van der Waals surface area contributed by atoms with E-state index in [4.69, 9.17) is 4.42 Å². The predicted molar refractivity (Wildman–Crippen MR) is 84.1 cm³/mol. The maximum atomic E-state index is 5.35. The summed E-state index contributed by atoms with van der Waals surface area (Å²) in [5.74, 6) is 0.998. The summed E-state index contributed by atoms with van der Waals surface area (Å²) in [6, 6.07) is 8.70. The van der Waals surface area contributed by atoms with Gasteiger partial charge in [-0.1, -0.05) is 13.0 Å². The Morgan fingerprint density at radius 3 is 2.55 bits per heavy atom. The highest BCUT2D eigenvalue weighted by molar-refractivity contribution is 5.50. The number of benzene rings is 1. The zero-order valence-corrected chi connectivity index (χ0v) is 12.9. The summed E-state index contributed by atoms with van der Waals surface area (Å²) in [7, 11) is 2.12. The topological polar surface area (TPSA) is 28.4 Å². The summed E-state index contributed by atoms with van der Waals surface area (Å²) in [5, 5.41) is 3.37. The van der Waals surface area contributed by atoms with Crippen molar-refractivity contribution in [3.63, 3.8) is 0 Å². The Labute approximate surface area is 121 Å². The SMILES string of the molecule is CCNCc1ccc(N(C)Cc2ccoc2C)cc1C. The summed E-state index contributed by atoms with van der Waals surface area (Å²) in [6.45, 7) is 9.12. The first-order chi connectivity index (χ1) is 9.61. The lowest BCUT2D eigenvalue weighted by molar-refractivity contribution is 0.529. The van der Waals surface area contributed by atoms with Gasteiger partial charge in [0.2, 0.25) is 0 Å². The number of furan rings is 1. The fraction of sp³-hybridized carbons (Fsp3) is 0.412. The number of hydrogen-bond acceptors (Lipinski definition) is 3. The lowest BCUT2D eigenvalue weighted by atomic mass is 10.1. The summed E-state index contributed by atoms with van der Waals surface area (Å²) < 4.78 is 5.35. The van der Waals surface area contributed by atoms with Gasteiger partial charge in [0.25, 0.3) is 0 Å². The number of nitrogens with zero attached hydrogens (tertiary/aromatic N) is 1. The second-order valence-corrected chi connectivity index (χ2v) is 5.25. The first-order valence-electron chi connectivity index (χ1n) is 7.16. The molecule has 0 unspecified atom stereocenters. The van der Waals surface area contributed by atoms with E-state index in [0.717, 1.165) is 25.4 Å². The lowest BCUT2D eigenvalue weighted by Crippen LogP contribution is -2.17. The molecule has 2 rings (SSSR count). The maximum absolute atomic E-state index is 5.35. The molecule has 1 aromatic carbocycles. The van der Waals surface area contributed by atoms with Crippen molar-refractivity contribution in [3.8, 4) is 0 Å². The van der Waals surface area contributed by atoms with Crippen LogP contribution in [-0.4, -0.2) is 13.6 Å². The standard InChI is InChI=1S/C17H24N2O/c1-5-18-11-15-6-7-17(10-13(15)2)19(4)12-16-8-9-20-14(16)3/h6-10,18H,5,11-12H2,1-4H3. The Hall–Kier alpha value is -1.74. The molecule has 0 aliphatic heterocycles. The van der Waals surface area contributed by atoms with E-state index < -0.39 is 0 Å². The molecule has 0 radical (unpaired) electrons. The fourth-order valence-electron chi connectivity index (χ4n) is 2.30. The number of nitrogens with one attached hydrogen (secondary N) is 1.